The van der Waals surface area contributed by atoms with Crippen molar-refractivity contribution in [2.75, 3.05) is 6.54 Å². The Hall–Kier alpha value is -2.89. The van der Waals surface area contributed by atoms with Crippen molar-refractivity contribution in [3.8, 4) is 0 Å². The molecular formula is C39H52N2O2S. The lowest BCUT2D eigenvalue weighted by Crippen LogP contribution is -2.37. The largest absolute Gasteiger partial charge is 0.330 e. The topological polar surface area (TPSA) is 49.4 Å². The summed E-state index contributed by atoms with van der Waals surface area (Å²) in [6.07, 6.45) is 10.4. The Balaban J connectivity index is 1.37. The van der Waals surface area contributed by atoms with Crippen molar-refractivity contribution >= 4 is 23.5 Å². The summed E-state index contributed by atoms with van der Waals surface area (Å²) in [7, 11) is 0. The fraction of sp³-hybridized carbons (Fsp3) is 0.487. The third-order valence-corrected chi connectivity index (χ3v) is 10.2. The van der Waals surface area contributed by atoms with Crippen LogP contribution in [0.25, 0.3) is 0 Å². The number of amides is 1. The van der Waals surface area contributed by atoms with E-state index < -0.39 is 6.04 Å². The normalized spacial score (nSPS) is 17.4. The molecule has 1 amide bonds. The first-order chi connectivity index (χ1) is 21.5. The minimum absolute atomic E-state index is 0.0892. The average Bonchev–Trinajstić information content (AvgIpc) is 3.33. The van der Waals surface area contributed by atoms with Crippen molar-refractivity contribution in [2.24, 2.45) is 0 Å². The number of thioether (sulfide) groups is 1. The van der Waals surface area contributed by atoms with E-state index in [9.17, 15) is 9.59 Å². The second kappa shape index (κ2) is 18.2. The Labute approximate surface area is 270 Å². The van der Waals surface area contributed by atoms with Crippen LogP contribution in [-0.4, -0.2) is 33.8 Å². The Morgan fingerprint density at radius 3 is 2.16 bits per heavy atom. The van der Waals surface area contributed by atoms with E-state index in [4.69, 9.17) is 0 Å². The van der Waals surface area contributed by atoms with Crippen molar-refractivity contribution < 1.29 is 9.59 Å². The predicted octanol–water partition coefficient (Wildman–Crippen LogP) is 9.25. The van der Waals surface area contributed by atoms with Gasteiger partial charge in [-0.2, -0.15) is 0 Å². The molecule has 0 saturated carbocycles. The zero-order valence-corrected chi connectivity index (χ0v) is 27.9. The molecule has 236 valence electrons. The second-order valence-corrected chi connectivity index (χ2v) is 13.9. The van der Waals surface area contributed by atoms with E-state index in [1.807, 2.05) is 48.5 Å². The van der Waals surface area contributed by atoms with Crippen LogP contribution < -0.4 is 5.32 Å². The van der Waals surface area contributed by atoms with E-state index in [0.717, 1.165) is 49.8 Å². The molecule has 0 aromatic heterocycles. The summed E-state index contributed by atoms with van der Waals surface area (Å²) in [5.74, 6) is 0.786. The molecule has 44 heavy (non-hydrogen) atoms. The summed E-state index contributed by atoms with van der Waals surface area (Å²) in [6.45, 7) is 8.07. The highest BCUT2D eigenvalue weighted by molar-refractivity contribution is 8.01. The highest BCUT2D eigenvalue weighted by atomic mass is 32.2. The van der Waals surface area contributed by atoms with Crippen LogP contribution in [0.1, 0.15) is 113 Å². The summed E-state index contributed by atoms with van der Waals surface area (Å²) in [4.78, 5) is 29.8. The summed E-state index contributed by atoms with van der Waals surface area (Å²) in [5, 5.41) is 3.36. The number of carbonyl (C=O) groups is 2. The van der Waals surface area contributed by atoms with Crippen LogP contribution in [0.4, 0.5) is 0 Å². The highest BCUT2D eigenvalue weighted by Crippen LogP contribution is 2.38. The standard InChI is InChI=1S/C39H52N2O2S/c1-4-5-6-7-14-22-37-41(27-16-15-17-31-23-25-33(26-24-31)30(2)3)39(43)36(44-37)28-35(42)38(34-20-12-9-13-21-34)40-29-32-18-10-8-11-19-32/h8-13,18-21,23-26,30,36-38,40H,4-7,14-17,22,27-29H2,1-3H3. The van der Waals surface area contributed by atoms with Crippen molar-refractivity contribution in [1.82, 2.24) is 10.2 Å². The number of carbonyl (C=O) groups excluding carboxylic acids is 2. The van der Waals surface area contributed by atoms with Gasteiger partial charge in [-0.25, -0.2) is 0 Å². The van der Waals surface area contributed by atoms with Gasteiger partial charge in [-0.1, -0.05) is 138 Å². The molecule has 1 aliphatic heterocycles. The van der Waals surface area contributed by atoms with Gasteiger partial charge < -0.3 is 4.90 Å². The van der Waals surface area contributed by atoms with Crippen LogP contribution in [0.3, 0.4) is 0 Å². The van der Waals surface area contributed by atoms with Gasteiger partial charge in [-0.15, -0.1) is 11.8 Å². The fourth-order valence-electron chi connectivity index (χ4n) is 6.04. The lowest BCUT2D eigenvalue weighted by molar-refractivity contribution is -0.132. The first kappa shape index (κ1) is 34.0. The van der Waals surface area contributed by atoms with Crippen LogP contribution in [0, 0.1) is 0 Å². The lowest BCUT2D eigenvalue weighted by atomic mass is 9.98. The number of Topliss-reactive ketones (excluding diaryl/α,β-unsaturated/α-hetero) is 1. The smallest absolute Gasteiger partial charge is 0.237 e. The van der Waals surface area contributed by atoms with E-state index >= 15 is 0 Å². The molecule has 3 aromatic rings. The van der Waals surface area contributed by atoms with Crippen molar-refractivity contribution in [3.63, 3.8) is 0 Å². The second-order valence-electron chi connectivity index (χ2n) is 12.5. The number of aryl methyl sites for hydroxylation is 1. The quantitative estimate of drug-likeness (QED) is 0.137. The number of nitrogens with one attached hydrogen (secondary N) is 1. The Kier molecular flexibility index (Phi) is 14.0. The zero-order valence-electron chi connectivity index (χ0n) is 27.0. The maximum Gasteiger partial charge on any atom is 0.237 e. The van der Waals surface area contributed by atoms with Gasteiger partial charge in [0.25, 0.3) is 0 Å². The summed E-state index contributed by atoms with van der Waals surface area (Å²) < 4.78 is 0. The summed E-state index contributed by atoms with van der Waals surface area (Å²) in [6, 6.07) is 28.7. The van der Waals surface area contributed by atoms with Gasteiger partial charge in [-0.05, 0) is 53.9 Å². The molecule has 4 nitrogen and oxygen atoms in total. The zero-order chi connectivity index (χ0) is 31.1. The molecule has 1 aliphatic rings. The van der Waals surface area contributed by atoms with Gasteiger partial charge in [0, 0.05) is 19.5 Å². The van der Waals surface area contributed by atoms with Crippen LogP contribution in [-0.2, 0) is 22.6 Å². The average molecular weight is 613 g/mol. The van der Waals surface area contributed by atoms with Crippen molar-refractivity contribution in [2.45, 2.75) is 114 Å². The molecule has 3 aromatic carbocycles. The molecule has 3 unspecified atom stereocenters. The maximum atomic E-state index is 13.8. The number of hydrogen-bond acceptors (Lipinski definition) is 4. The van der Waals surface area contributed by atoms with Crippen LogP contribution >= 0.6 is 11.8 Å². The molecule has 0 radical (unpaired) electrons. The molecule has 5 heteroatoms. The third kappa shape index (κ3) is 10.3. The molecular weight excluding hydrogens is 561 g/mol. The molecule has 1 fully saturated rings. The number of unbranched alkanes of at least 4 members (excludes halogenated alkanes) is 5. The minimum Gasteiger partial charge on any atom is -0.330 e. The van der Waals surface area contributed by atoms with Gasteiger partial charge in [0.2, 0.25) is 5.91 Å². The monoisotopic (exact) mass is 612 g/mol. The molecule has 0 bridgehead atoms. The lowest BCUT2D eigenvalue weighted by Gasteiger charge is -2.24. The first-order valence-electron chi connectivity index (χ1n) is 16.9. The summed E-state index contributed by atoms with van der Waals surface area (Å²) >= 11 is 1.73. The van der Waals surface area contributed by atoms with E-state index in [-0.39, 0.29) is 28.7 Å². The predicted molar refractivity (Wildman–Crippen MR) is 186 cm³/mol. The van der Waals surface area contributed by atoms with Gasteiger partial charge in [0.05, 0.1) is 16.7 Å². The van der Waals surface area contributed by atoms with Crippen molar-refractivity contribution in [3.05, 3.63) is 107 Å². The maximum absolute atomic E-state index is 13.8. The molecule has 4 rings (SSSR count). The van der Waals surface area contributed by atoms with Crippen LogP contribution in [0.2, 0.25) is 0 Å². The van der Waals surface area contributed by atoms with E-state index in [2.05, 4.69) is 67.4 Å². The van der Waals surface area contributed by atoms with E-state index in [1.165, 1.54) is 36.8 Å². The van der Waals surface area contributed by atoms with Gasteiger partial charge in [0.1, 0.15) is 0 Å². The van der Waals surface area contributed by atoms with E-state index in [0.29, 0.717) is 12.5 Å². The highest BCUT2D eigenvalue weighted by Gasteiger charge is 2.41. The number of ketones is 1. The SMILES string of the molecule is CCCCCCCC1SC(CC(=O)C(NCc2ccccc2)c2ccccc2)C(=O)N1CCCCc1ccc(C(C)C)cc1. The minimum atomic E-state index is -0.437. The number of benzene rings is 3. The third-order valence-electron chi connectivity index (χ3n) is 8.74. The van der Waals surface area contributed by atoms with E-state index in [1.54, 1.807) is 11.8 Å². The van der Waals surface area contributed by atoms with Gasteiger partial charge in [-0.3, -0.25) is 14.9 Å². The fourth-order valence-corrected chi connectivity index (χ4v) is 7.59. The number of rotatable bonds is 19. The molecule has 1 N–H and O–H groups in total. The van der Waals surface area contributed by atoms with Crippen LogP contribution in [0.5, 0.6) is 0 Å². The molecule has 1 heterocycles. The Morgan fingerprint density at radius 2 is 1.48 bits per heavy atom. The van der Waals surface area contributed by atoms with Crippen LogP contribution in [0.15, 0.2) is 84.9 Å². The van der Waals surface area contributed by atoms with Crippen molar-refractivity contribution in [1.29, 1.82) is 0 Å². The molecule has 0 aliphatic carbocycles. The van der Waals surface area contributed by atoms with Gasteiger partial charge in [0.15, 0.2) is 5.78 Å². The molecule has 3 atom stereocenters. The Bertz CT molecular complexity index is 1260. The Morgan fingerprint density at radius 1 is 0.795 bits per heavy atom. The molecule has 1 saturated heterocycles. The number of nitrogens with zero attached hydrogens (tertiary/aromatic N) is 1. The molecule has 0 spiro atoms. The number of hydrogen-bond donors (Lipinski definition) is 1. The van der Waals surface area contributed by atoms with Gasteiger partial charge >= 0.3 is 0 Å². The summed E-state index contributed by atoms with van der Waals surface area (Å²) in [5.41, 5.74) is 4.83. The first-order valence-corrected chi connectivity index (χ1v) is 17.8.